The molecular formula is C24H29N9O. The zero-order valence-electron chi connectivity index (χ0n) is 19.6. The van der Waals surface area contributed by atoms with Crippen LogP contribution in [0.5, 0.6) is 0 Å². The van der Waals surface area contributed by atoms with Crippen LogP contribution in [0.1, 0.15) is 44.2 Å². The maximum atomic E-state index is 5.76. The van der Waals surface area contributed by atoms with E-state index >= 15 is 0 Å². The number of aryl methyl sites for hydroxylation is 1. The van der Waals surface area contributed by atoms with Gasteiger partial charge in [0.05, 0.1) is 11.7 Å². The molecule has 1 saturated heterocycles. The maximum Gasteiger partial charge on any atom is 0.229 e. The van der Waals surface area contributed by atoms with Crippen LogP contribution in [-0.2, 0) is 0 Å². The normalized spacial score (nSPS) is 15.8. The molecular weight excluding hydrogens is 430 g/mol. The lowest BCUT2D eigenvalue weighted by atomic mass is 10.1. The van der Waals surface area contributed by atoms with E-state index in [1.54, 1.807) is 6.20 Å². The molecule has 3 N–H and O–H groups in total. The number of rotatable bonds is 8. The molecule has 0 aromatic carbocycles. The molecule has 1 atom stereocenters. The van der Waals surface area contributed by atoms with Crippen LogP contribution in [0, 0.1) is 12.8 Å². The fourth-order valence-corrected chi connectivity index (χ4v) is 4.02. The molecule has 5 heterocycles. The van der Waals surface area contributed by atoms with Gasteiger partial charge in [-0.25, -0.2) is 0 Å². The fraction of sp³-hybridized carbons (Fsp3) is 0.375. The molecule has 34 heavy (non-hydrogen) atoms. The predicted octanol–water partition coefficient (Wildman–Crippen LogP) is 4.71. The molecule has 5 rings (SSSR count). The highest BCUT2D eigenvalue weighted by atomic mass is 16.5. The first-order valence-electron chi connectivity index (χ1n) is 11.6. The van der Waals surface area contributed by atoms with Crippen LogP contribution in [0.15, 0.2) is 47.1 Å². The molecule has 176 valence electrons. The smallest absolute Gasteiger partial charge is 0.229 e. The van der Waals surface area contributed by atoms with Crippen molar-refractivity contribution in [3.05, 3.63) is 54.0 Å². The molecule has 0 aliphatic carbocycles. The second-order valence-electron chi connectivity index (χ2n) is 8.96. The zero-order chi connectivity index (χ0) is 23.5. The molecule has 0 amide bonds. The summed E-state index contributed by atoms with van der Waals surface area (Å²) < 4.78 is 5.76. The predicted molar refractivity (Wildman–Crippen MR) is 131 cm³/mol. The van der Waals surface area contributed by atoms with Crippen molar-refractivity contribution in [2.45, 2.75) is 39.7 Å². The number of aromatic nitrogens is 6. The number of anilines is 4. The van der Waals surface area contributed by atoms with E-state index in [0.29, 0.717) is 23.5 Å². The number of nitrogens with zero attached hydrogens (tertiary/aromatic N) is 6. The first kappa shape index (κ1) is 21.9. The second kappa shape index (κ2) is 9.50. The van der Waals surface area contributed by atoms with E-state index in [1.807, 2.05) is 43.3 Å². The number of hydrogen-bond donors (Lipinski definition) is 3. The largest absolute Gasteiger partial charge is 0.370 e. The standard InChI is InChI=1S/C24H29N9O/c1-15(2)14-26-21-13-22(27-23-11-16(3)30-31-23)29-24(28-21)33-10-6-8-19(33)20-12-18(32-34-20)17-7-4-5-9-25-17/h4-5,7,9,11-13,15,19H,6,8,10,14H2,1-3H3,(H3,26,27,28,29,30,31). The minimum Gasteiger partial charge on any atom is -0.370 e. The molecule has 10 heteroatoms. The molecule has 0 spiro atoms. The Bertz CT molecular complexity index is 1230. The van der Waals surface area contributed by atoms with E-state index < -0.39 is 0 Å². The first-order valence-corrected chi connectivity index (χ1v) is 11.6. The van der Waals surface area contributed by atoms with Crippen molar-refractivity contribution in [3.8, 4) is 11.4 Å². The Hall–Kier alpha value is -3.95. The van der Waals surface area contributed by atoms with Gasteiger partial charge in [-0.1, -0.05) is 25.1 Å². The number of nitrogens with one attached hydrogen (secondary N) is 3. The molecule has 0 bridgehead atoms. The van der Waals surface area contributed by atoms with E-state index in [9.17, 15) is 0 Å². The average Bonchev–Trinajstić information content (AvgIpc) is 3.59. The van der Waals surface area contributed by atoms with Crippen molar-refractivity contribution in [2.24, 2.45) is 5.92 Å². The van der Waals surface area contributed by atoms with Crippen molar-refractivity contribution in [1.29, 1.82) is 0 Å². The van der Waals surface area contributed by atoms with Gasteiger partial charge >= 0.3 is 0 Å². The maximum absolute atomic E-state index is 5.76. The Balaban J connectivity index is 1.44. The van der Waals surface area contributed by atoms with Crippen molar-refractivity contribution >= 4 is 23.4 Å². The topological polar surface area (TPSA) is 121 Å². The third-order valence-corrected chi connectivity index (χ3v) is 5.66. The molecule has 0 radical (unpaired) electrons. The van der Waals surface area contributed by atoms with Gasteiger partial charge in [0.2, 0.25) is 5.95 Å². The summed E-state index contributed by atoms with van der Waals surface area (Å²) in [5, 5.41) is 18.2. The lowest BCUT2D eigenvalue weighted by Gasteiger charge is -2.24. The van der Waals surface area contributed by atoms with Crippen LogP contribution < -0.4 is 15.5 Å². The van der Waals surface area contributed by atoms with E-state index in [1.165, 1.54) is 0 Å². The summed E-state index contributed by atoms with van der Waals surface area (Å²) in [5.41, 5.74) is 2.49. The van der Waals surface area contributed by atoms with E-state index in [-0.39, 0.29) is 6.04 Å². The summed E-state index contributed by atoms with van der Waals surface area (Å²) in [4.78, 5) is 16.2. The Morgan fingerprint density at radius 3 is 2.76 bits per heavy atom. The SMILES string of the molecule is Cc1cc(Nc2cc(NCC(C)C)nc(N3CCCC3c3cc(-c4ccccn4)no3)n2)n[nH]1. The lowest BCUT2D eigenvalue weighted by Crippen LogP contribution is -2.25. The monoisotopic (exact) mass is 459 g/mol. The quantitative estimate of drug-likeness (QED) is 0.344. The molecule has 1 aliphatic rings. The molecule has 4 aromatic heterocycles. The fourth-order valence-electron chi connectivity index (χ4n) is 4.02. The summed E-state index contributed by atoms with van der Waals surface area (Å²) in [6, 6.07) is 11.6. The molecule has 1 unspecified atom stereocenters. The Kier molecular flexibility index (Phi) is 6.11. The Morgan fingerprint density at radius 2 is 2.00 bits per heavy atom. The third kappa shape index (κ3) is 4.85. The molecule has 10 nitrogen and oxygen atoms in total. The summed E-state index contributed by atoms with van der Waals surface area (Å²) in [6.45, 7) is 7.95. The van der Waals surface area contributed by atoms with Crippen LogP contribution in [0.25, 0.3) is 11.4 Å². The molecule has 0 saturated carbocycles. The number of pyridine rings is 1. The van der Waals surface area contributed by atoms with Gasteiger partial charge in [0, 0.05) is 43.2 Å². The highest BCUT2D eigenvalue weighted by Gasteiger charge is 2.32. The van der Waals surface area contributed by atoms with Gasteiger partial charge in [0.25, 0.3) is 0 Å². The second-order valence-corrected chi connectivity index (χ2v) is 8.96. The minimum absolute atomic E-state index is 0.00536. The highest BCUT2D eigenvalue weighted by molar-refractivity contribution is 5.60. The first-order chi connectivity index (χ1) is 16.5. The van der Waals surface area contributed by atoms with Crippen LogP contribution in [0.4, 0.5) is 23.4 Å². The molecule has 1 fully saturated rings. The van der Waals surface area contributed by atoms with Gasteiger partial charge in [0.15, 0.2) is 11.6 Å². The van der Waals surface area contributed by atoms with Gasteiger partial charge in [0.1, 0.15) is 17.3 Å². The summed E-state index contributed by atoms with van der Waals surface area (Å²) in [7, 11) is 0. The number of hydrogen-bond acceptors (Lipinski definition) is 9. The minimum atomic E-state index is 0.00536. The van der Waals surface area contributed by atoms with Crippen molar-refractivity contribution in [1.82, 2.24) is 30.3 Å². The van der Waals surface area contributed by atoms with Crippen molar-refractivity contribution < 1.29 is 4.52 Å². The lowest BCUT2D eigenvalue weighted by molar-refractivity contribution is 0.362. The van der Waals surface area contributed by atoms with Crippen molar-refractivity contribution in [2.75, 3.05) is 28.6 Å². The van der Waals surface area contributed by atoms with Crippen LogP contribution in [0.2, 0.25) is 0 Å². The zero-order valence-corrected chi connectivity index (χ0v) is 19.6. The van der Waals surface area contributed by atoms with E-state index in [0.717, 1.165) is 54.6 Å². The number of H-pyrrole nitrogens is 1. The van der Waals surface area contributed by atoms with E-state index in [2.05, 4.69) is 49.7 Å². The van der Waals surface area contributed by atoms with Gasteiger partial charge < -0.3 is 20.1 Å². The summed E-state index contributed by atoms with van der Waals surface area (Å²) >= 11 is 0. The Morgan fingerprint density at radius 1 is 1.12 bits per heavy atom. The Labute approximate surface area is 198 Å². The van der Waals surface area contributed by atoms with Crippen LogP contribution in [0.3, 0.4) is 0 Å². The van der Waals surface area contributed by atoms with Crippen LogP contribution in [-0.4, -0.2) is 43.4 Å². The van der Waals surface area contributed by atoms with Gasteiger partial charge in [-0.05, 0) is 37.8 Å². The third-order valence-electron chi connectivity index (χ3n) is 5.66. The molecule has 1 aliphatic heterocycles. The highest BCUT2D eigenvalue weighted by Crippen LogP contribution is 2.37. The van der Waals surface area contributed by atoms with E-state index in [4.69, 9.17) is 14.5 Å². The summed E-state index contributed by atoms with van der Waals surface area (Å²) in [5.74, 6) is 4.08. The molecule has 4 aromatic rings. The average molecular weight is 460 g/mol. The number of aromatic amines is 1. The van der Waals surface area contributed by atoms with Crippen LogP contribution >= 0.6 is 0 Å². The van der Waals surface area contributed by atoms with Gasteiger partial charge in [-0.3, -0.25) is 10.1 Å². The van der Waals surface area contributed by atoms with Crippen molar-refractivity contribution in [3.63, 3.8) is 0 Å². The summed E-state index contributed by atoms with van der Waals surface area (Å²) in [6.07, 6.45) is 3.70. The van der Waals surface area contributed by atoms with Gasteiger partial charge in [-0.2, -0.15) is 15.1 Å². The van der Waals surface area contributed by atoms with Gasteiger partial charge in [-0.15, -0.1) is 0 Å².